The molecule has 0 N–H and O–H groups in total. The number of hydrogen-bond acceptors (Lipinski definition) is 3. The van der Waals surface area contributed by atoms with Crippen LogP contribution in [0, 0.1) is 0 Å². The smallest absolute Gasteiger partial charge is 0.0957 e. The van der Waals surface area contributed by atoms with Gasteiger partial charge in [0, 0.05) is 18.9 Å². The summed E-state index contributed by atoms with van der Waals surface area (Å²) in [6.07, 6.45) is 4.08. The molecule has 18 heavy (non-hydrogen) atoms. The SMILES string of the molecule is COC(C)c1ccc(-c2ccc(SC)nc2)cc1. The van der Waals surface area contributed by atoms with Gasteiger partial charge in [0.25, 0.3) is 0 Å². The van der Waals surface area contributed by atoms with E-state index >= 15 is 0 Å². The molecule has 1 heterocycles. The van der Waals surface area contributed by atoms with Crippen LogP contribution < -0.4 is 0 Å². The van der Waals surface area contributed by atoms with Crippen LogP contribution in [-0.2, 0) is 4.74 Å². The van der Waals surface area contributed by atoms with Gasteiger partial charge in [0.15, 0.2) is 0 Å². The highest BCUT2D eigenvalue weighted by Gasteiger charge is 2.04. The monoisotopic (exact) mass is 259 g/mol. The summed E-state index contributed by atoms with van der Waals surface area (Å²) >= 11 is 1.65. The Bertz CT molecular complexity index is 493. The number of aromatic nitrogens is 1. The van der Waals surface area contributed by atoms with Crippen molar-refractivity contribution in [3.63, 3.8) is 0 Å². The van der Waals surface area contributed by atoms with E-state index in [0.29, 0.717) is 0 Å². The zero-order valence-electron chi connectivity index (χ0n) is 10.9. The van der Waals surface area contributed by atoms with Gasteiger partial charge in [0.1, 0.15) is 0 Å². The lowest BCUT2D eigenvalue weighted by molar-refractivity contribution is 0.119. The van der Waals surface area contributed by atoms with Crippen molar-refractivity contribution in [2.24, 2.45) is 0 Å². The van der Waals surface area contributed by atoms with E-state index in [1.807, 2.05) is 25.4 Å². The van der Waals surface area contributed by atoms with Crippen molar-refractivity contribution < 1.29 is 4.74 Å². The number of thioether (sulfide) groups is 1. The van der Waals surface area contributed by atoms with Crippen molar-refractivity contribution in [3.8, 4) is 11.1 Å². The van der Waals surface area contributed by atoms with Gasteiger partial charge >= 0.3 is 0 Å². The summed E-state index contributed by atoms with van der Waals surface area (Å²) in [5.74, 6) is 0. The highest BCUT2D eigenvalue weighted by Crippen LogP contribution is 2.23. The van der Waals surface area contributed by atoms with Crippen molar-refractivity contribution in [1.29, 1.82) is 0 Å². The van der Waals surface area contributed by atoms with Crippen LogP contribution in [0.5, 0.6) is 0 Å². The Morgan fingerprint density at radius 2 is 1.72 bits per heavy atom. The Morgan fingerprint density at radius 3 is 2.22 bits per heavy atom. The topological polar surface area (TPSA) is 22.1 Å². The highest BCUT2D eigenvalue weighted by molar-refractivity contribution is 7.98. The van der Waals surface area contributed by atoms with Crippen LogP contribution in [0.4, 0.5) is 0 Å². The molecule has 0 spiro atoms. The number of ether oxygens (including phenoxy) is 1. The van der Waals surface area contributed by atoms with E-state index in [1.54, 1.807) is 18.9 Å². The number of benzene rings is 1. The number of methoxy groups -OCH3 is 1. The van der Waals surface area contributed by atoms with Crippen molar-refractivity contribution in [2.45, 2.75) is 18.1 Å². The van der Waals surface area contributed by atoms with Crippen LogP contribution in [-0.4, -0.2) is 18.3 Å². The van der Waals surface area contributed by atoms with Crippen molar-refractivity contribution in [2.75, 3.05) is 13.4 Å². The fourth-order valence-corrected chi connectivity index (χ4v) is 2.12. The minimum Gasteiger partial charge on any atom is -0.377 e. The summed E-state index contributed by atoms with van der Waals surface area (Å²) < 4.78 is 5.30. The Hall–Kier alpha value is -1.32. The van der Waals surface area contributed by atoms with E-state index in [-0.39, 0.29) is 6.10 Å². The molecule has 1 aromatic heterocycles. The molecule has 0 amide bonds. The molecule has 1 unspecified atom stereocenters. The molecular formula is C15H17NOS. The summed E-state index contributed by atoms with van der Waals surface area (Å²) in [5, 5.41) is 1.04. The normalized spacial score (nSPS) is 12.4. The molecule has 0 saturated heterocycles. The standard InChI is InChI=1S/C15H17NOS/c1-11(17-2)12-4-6-13(7-5-12)14-8-9-15(18-3)16-10-14/h4-11H,1-3H3. The summed E-state index contributed by atoms with van der Waals surface area (Å²) in [6.45, 7) is 2.05. The van der Waals surface area contributed by atoms with Gasteiger partial charge in [0.2, 0.25) is 0 Å². The molecule has 0 aliphatic carbocycles. The van der Waals surface area contributed by atoms with Crippen LogP contribution >= 0.6 is 11.8 Å². The maximum absolute atomic E-state index is 5.30. The third-order valence-corrected chi connectivity index (χ3v) is 3.67. The lowest BCUT2D eigenvalue weighted by atomic mass is 10.0. The number of rotatable bonds is 4. The second-order valence-corrected chi connectivity index (χ2v) is 4.92. The molecule has 94 valence electrons. The van der Waals surface area contributed by atoms with Gasteiger partial charge < -0.3 is 4.74 Å². The second kappa shape index (κ2) is 6.03. The lowest BCUT2D eigenvalue weighted by Crippen LogP contribution is -1.95. The fourth-order valence-electron chi connectivity index (χ4n) is 1.75. The van der Waals surface area contributed by atoms with Crippen LogP contribution in [0.25, 0.3) is 11.1 Å². The minimum absolute atomic E-state index is 0.135. The maximum Gasteiger partial charge on any atom is 0.0957 e. The molecule has 0 saturated carbocycles. The summed E-state index contributed by atoms with van der Waals surface area (Å²) in [7, 11) is 1.73. The molecule has 0 aliphatic rings. The Balaban J connectivity index is 2.22. The lowest BCUT2D eigenvalue weighted by Gasteiger charge is -2.10. The molecule has 3 heteroatoms. The van der Waals surface area contributed by atoms with E-state index in [2.05, 4.69) is 35.3 Å². The van der Waals surface area contributed by atoms with Gasteiger partial charge in [-0.15, -0.1) is 11.8 Å². The van der Waals surface area contributed by atoms with E-state index < -0.39 is 0 Å². The Labute approximate surface area is 112 Å². The van der Waals surface area contributed by atoms with Gasteiger partial charge in [-0.05, 0) is 30.4 Å². The van der Waals surface area contributed by atoms with E-state index in [9.17, 15) is 0 Å². The third kappa shape index (κ3) is 2.92. The first kappa shape index (κ1) is 13.1. The quantitative estimate of drug-likeness (QED) is 0.769. The first-order chi connectivity index (χ1) is 8.74. The van der Waals surface area contributed by atoms with Crippen LogP contribution in [0.1, 0.15) is 18.6 Å². The van der Waals surface area contributed by atoms with Gasteiger partial charge in [-0.1, -0.05) is 30.3 Å². The van der Waals surface area contributed by atoms with Gasteiger partial charge in [-0.3, -0.25) is 0 Å². The molecule has 0 aliphatic heterocycles. The number of hydrogen-bond donors (Lipinski definition) is 0. The maximum atomic E-state index is 5.30. The molecule has 2 rings (SSSR count). The predicted molar refractivity (Wildman–Crippen MR) is 76.9 cm³/mol. The van der Waals surface area contributed by atoms with Crippen LogP contribution in [0.3, 0.4) is 0 Å². The zero-order chi connectivity index (χ0) is 13.0. The summed E-state index contributed by atoms with van der Waals surface area (Å²) in [5.41, 5.74) is 3.52. The molecule has 2 nitrogen and oxygen atoms in total. The van der Waals surface area contributed by atoms with E-state index in [1.165, 1.54) is 11.1 Å². The predicted octanol–water partition coefficient (Wildman–Crippen LogP) is 4.18. The molecule has 0 bridgehead atoms. The largest absolute Gasteiger partial charge is 0.377 e. The number of nitrogens with zero attached hydrogens (tertiary/aromatic N) is 1. The molecule has 2 aromatic rings. The van der Waals surface area contributed by atoms with E-state index in [0.717, 1.165) is 10.6 Å². The zero-order valence-corrected chi connectivity index (χ0v) is 11.7. The van der Waals surface area contributed by atoms with Crippen LogP contribution in [0.2, 0.25) is 0 Å². The summed E-state index contributed by atoms with van der Waals surface area (Å²) in [6, 6.07) is 12.6. The molecule has 1 atom stereocenters. The molecule has 0 radical (unpaired) electrons. The Kier molecular flexibility index (Phi) is 4.39. The molecule has 0 fully saturated rings. The Morgan fingerprint density at radius 1 is 1.06 bits per heavy atom. The fraction of sp³-hybridized carbons (Fsp3) is 0.267. The van der Waals surface area contributed by atoms with Crippen molar-refractivity contribution in [1.82, 2.24) is 4.98 Å². The van der Waals surface area contributed by atoms with Crippen LogP contribution in [0.15, 0.2) is 47.6 Å². The van der Waals surface area contributed by atoms with Gasteiger partial charge in [-0.25, -0.2) is 4.98 Å². The third-order valence-electron chi connectivity index (χ3n) is 3.01. The first-order valence-corrected chi connectivity index (χ1v) is 7.10. The summed E-state index contributed by atoms with van der Waals surface area (Å²) in [4.78, 5) is 4.39. The highest BCUT2D eigenvalue weighted by atomic mass is 32.2. The first-order valence-electron chi connectivity index (χ1n) is 5.87. The second-order valence-electron chi connectivity index (χ2n) is 4.09. The average Bonchev–Trinajstić information content (AvgIpc) is 2.47. The average molecular weight is 259 g/mol. The van der Waals surface area contributed by atoms with Gasteiger partial charge in [0.05, 0.1) is 11.1 Å². The van der Waals surface area contributed by atoms with Crippen molar-refractivity contribution in [3.05, 3.63) is 48.2 Å². The number of pyridine rings is 1. The van der Waals surface area contributed by atoms with Gasteiger partial charge in [-0.2, -0.15) is 0 Å². The van der Waals surface area contributed by atoms with Crippen molar-refractivity contribution >= 4 is 11.8 Å². The minimum atomic E-state index is 0.135. The molecule has 1 aromatic carbocycles. The molecular weight excluding hydrogens is 242 g/mol. The van der Waals surface area contributed by atoms with E-state index in [4.69, 9.17) is 4.74 Å².